The molecule has 0 aromatic carbocycles. The molecule has 0 aromatic rings. The third-order valence-electron chi connectivity index (χ3n) is 0. The van der Waals surface area contributed by atoms with Crippen LogP contribution in [-0.2, 0) is 9.13 Å². The van der Waals surface area contributed by atoms with Gasteiger partial charge in [0.1, 0.15) is 0 Å². The molecule has 0 saturated heterocycles. The fourth-order valence-corrected chi connectivity index (χ4v) is 0. The SMILES string of the molecule is O=[PH](O)O.O=[PH](O)O.P. The van der Waals surface area contributed by atoms with E-state index in [-0.39, 0.29) is 9.90 Å². The minimum absolute atomic E-state index is 0. The fraction of sp³-hybridized carbons (Fsp3) is 0. The monoisotopic (exact) mass is 198 g/mol. The molecule has 0 heterocycles. The highest BCUT2D eigenvalue weighted by Crippen LogP contribution is 1.98. The first-order chi connectivity index (χ1) is 3.46. The van der Waals surface area contributed by atoms with Crippen LogP contribution in [0.25, 0.3) is 0 Å². The first kappa shape index (κ1) is 16.4. The van der Waals surface area contributed by atoms with E-state index >= 15 is 0 Å². The van der Waals surface area contributed by atoms with Crippen molar-refractivity contribution in [1.29, 1.82) is 0 Å². The average Bonchev–Trinajstić information content (AvgIpc) is 1.25. The molecular formula is H9O6P3. The Bertz CT molecular complexity index is 66.3. The lowest BCUT2D eigenvalue weighted by Crippen LogP contribution is -1.38. The zero-order chi connectivity index (χ0) is 7.15. The number of hydrogen-bond donors (Lipinski definition) is 4. The van der Waals surface area contributed by atoms with Crippen molar-refractivity contribution < 1.29 is 28.7 Å². The van der Waals surface area contributed by atoms with Gasteiger partial charge in [-0.2, -0.15) is 9.90 Å². The maximum absolute atomic E-state index is 8.74. The molecule has 1 unspecified atom stereocenters. The molecule has 0 spiro atoms. The van der Waals surface area contributed by atoms with Crippen LogP contribution in [0.5, 0.6) is 0 Å². The van der Waals surface area contributed by atoms with Gasteiger partial charge in [-0.25, -0.2) is 0 Å². The Hall–Kier alpha value is 0.730. The van der Waals surface area contributed by atoms with E-state index in [0.717, 1.165) is 0 Å². The zero-order valence-electron chi connectivity index (χ0n) is 4.31. The van der Waals surface area contributed by atoms with Crippen LogP contribution in [-0.4, -0.2) is 19.6 Å². The first-order valence-electron chi connectivity index (χ1n) is 1.30. The standard InChI is InChI=1S/2H3O3P.H3P/c2*1-4(2)3;/h2*4H,(H2,1,2,3);1H3. The second-order valence-electron chi connectivity index (χ2n) is 0.565. The summed E-state index contributed by atoms with van der Waals surface area (Å²) in [4.78, 5) is 28.6. The Morgan fingerprint density at radius 2 is 0.778 bits per heavy atom. The molecule has 0 rings (SSSR count). The van der Waals surface area contributed by atoms with Gasteiger partial charge in [0.15, 0.2) is 0 Å². The first-order valence-corrected chi connectivity index (χ1v) is 3.91. The molecule has 0 aromatic heterocycles. The fourth-order valence-electron chi connectivity index (χ4n) is 0. The average molecular weight is 198 g/mol. The summed E-state index contributed by atoms with van der Waals surface area (Å²) in [5.41, 5.74) is 0. The summed E-state index contributed by atoms with van der Waals surface area (Å²) in [6.45, 7) is 0. The van der Waals surface area contributed by atoms with Crippen molar-refractivity contribution in [1.82, 2.24) is 0 Å². The van der Waals surface area contributed by atoms with Crippen LogP contribution in [0, 0.1) is 0 Å². The van der Waals surface area contributed by atoms with Crippen LogP contribution >= 0.6 is 26.4 Å². The summed E-state index contributed by atoms with van der Waals surface area (Å²) in [6.07, 6.45) is 0. The lowest BCUT2D eigenvalue weighted by molar-refractivity contribution is 0.403. The molecule has 0 bridgehead atoms. The van der Waals surface area contributed by atoms with Crippen LogP contribution in [0.3, 0.4) is 0 Å². The highest BCUT2D eigenvalue weighted by atomic mass is 31.1. The van der Waals surface area contributed by atoms with Crippen molar-refractivity contribution in [2.75, 3.05) is 0 Å². The molecule has 0 saturated carbocycles. The van der Waals surface area contributed by atoms with E-state index in [0.29, 0.717) is 0 Å². The quantitative estimate of drug-likeness (QED) is 0.362. The molecule has 0 aliphatic carbocycles. The third-order valence-corrected chi connectivity index (χ3v) is 0. The van der Waals surface area contributed by atoms with Crippen molar-refractivity contribution in [2.24, 2.45) is 0 Å². The van der Waals surface area contributed by atoms with E-state index in [2.05, 4.69) is 0 Å². The van der Waals surface area contributed by atoms with Gasteiger partial charge in [0.05, 0.1) is 0 Å². The lowest BCUT2D eigenvalue weighted by Gasteiger charge is -1.61. The zero-order valence-corrected chi connectivity index (χ0v) is 7.73. The Labute approximate surface area is 56.1 Å². The van der Waals surface area contributed by atoms with Crippen molar-refractivity contribution in [2.45, 2.75) is 0 Å². The van der Waals surface area contributed by atoms with Crippen LogP contribution in [0.2, 0.25) is 0 Å². The molecule has 9 heavy (non-hydrogen) atoms. The molecule has 0 aliphatic rings. The predicted octanol–water partition coefficient (Wildman–Crippen LogP) is -1.22. The van der Waals surface area contributed by atoms with Gasteiger partial charge in [0.25, 0.3) is 0 Å². The van der Waals surface area contributed by atoms with E-state index in [9.17, 15) is 0 Å². The molecule has 0 aliphatic heterocycles. The van der Waals surface area contributed by atoms with Gasteiger partial charge < -0.3 is 19.6 Å². The van der Waals surface area contributed by atoms with E-state index in [1.165, 1.54) is 0 Å². The second-order valence-corrected chi connectivity index (χ2v) is 1.70. The smallest absolute Gasteiger partial charge is 0.314 e. The van der Waals surface area contributed by atoms with Gasteiger partial charge in [-0.05, 0) is 0 Å². The van der Waals surface area contributed by atoms with Gasteiger partial charge in [-0.3, -0.25) is 9.13 Å². The van der Waals surface area contributed by atoms with Gasteiger partial charge in [-0.15, -0.1) is 0 Å². The largest absolute Gasteiger partial charge is 0.326 e. The molecule has 9 heteroatoms. The topological polar surface area (TPSA) is 115 Å². The molecule has 0 radical (unpaired) electrons. The van der Waals surface area contributed by atoms with E-state index in [1.54, 1.807) is 0 Å². The minimum Gasteiger partial charge on any atom is -0.326 e. The lowest BCUT2D eigenvalue weighted by atomic mass is 15.8. The van der Waals surface area contributed by atoms with Gasteiger partial charge in [-0.1, -0.05) is 0 Å². The summed E-state index contributed by atoms with van der Waals surface area (Å²) >= 11 is 0. The molecule has 0 amide bonds. The van der Waals surface area contributed by atoms with Gasteiger partial charge in [0, 0.05) is 0 Å². The minimum atomic E-state index is -3.13. The van der Waals surface area contributed by atoms with Crippen molar-refractivity contribution >= 4 is 26.4 Å². The van der Waals surface area contributed by atoms with Gasteiger partial charge >= 0.3 is 16.5 Å². The molecule has 1 atom stereocenters. The second kappa shape index (κ2) is 11.5. The van der Waals surface area contributed by atoms with Gasteiger partial charge in [0.2, 0.25) is 0 Å². The van der Waals surface area contributed by atoms with Crippen LogP contribution in [0.1, 0.15) is 0 Å². The molecule has 60 valence electrons. The predicted molar refractivity (Wildman–Crippen MR) is 38.0 cm³/mol. The molecule has 0 fully saturated rings. The van der Waals surface area contributed by atoms with Crippen molar-refractivity contribution in [3.8, 4) is 0 Å². The van der Waals surface area contributed by atoms with E-state index in [4.69, 9.17) is 28.7 Å². The Balaban J connectivity index is -0.0000000720. The normalized spacial score (nSPS) is 7.78. The highest BCUT2D eigenvalue weighted by Gasteiger charge is 1.62. The molecule has 4 N–H and O–H groups in total. The van der Waals surface area contributed by atoms with E-state index < -0.39 is 16.5 Å². The van der Waals surface area contributed by atoms with Crippen molar-refractivity contribution in [3.63, 3.8) is 0 Å². The van der Waals surface area contributed by atoms with E-state index in [1.807, 2.05) is 0 Å². The van der Waals surface area contributed by atoms with Crippen LogP contribution in [0.15, 0.2) is 0 Å². The summed E-state index contributed by atoms with van der Waals surface area (Å²) in [5.74, 6) is 0. The number of hydrogen-bond acceptors (Lipinski definition) is 2. The Kier molecular flexibility index (Phi) is 21.0. The summed E-state index contributed by atoms with van der Waals surface area (Å²) in [5, 5.41) is 0. The van der Waals surface area contributed by atoms with Crippen LogP contribution < -0.4 is 0 Å². The summed E-state index contributed by atoms with van der Waals surface area (Å²) in [6, 6.07) is 0. The maximum atomic E-state index is 8.74. The Morgan fingerprint density at radius 1 is 0.778 bits per heavy atom. The maximum Gasteiger partial charge on any atom is 0.314 e. The van der Waals surface area contributed by atoms with Crippen molar-refractivity contribution in [3.05, 3.63) is 0 Å². The molecule has 6 nitrogen and oxygen atoms in total. The Morgan fingerprint density at radius 3 is 0.778 bits per heavy atom. The summed E-state index contributed by atoms with van der Waals surface area (Å²) < 4.78 is 17.5. The summed E-state index contributed by atoms with van der Waals surface area (Å²) in [7, 11) is -6.26. The third kappa shape index (κ3) is 742. The highest BCUT2D eigenvalue weighted by molar-refractivity contribution is 7.31. The van der Waals surface area contributed by atoms with Crippen LogP contribution in [0.4, 0.5) is 0 Å². The molecular weight excluding hydrogens is 189 g/mol. The number of rotatable bonds is 0.